The van der Waals surface area contributed by atoms with Crippen LogP contribution < -0.4 is 5.32 Å². The Morgan fingerprint density at radius 1 is 1.04 bits per heavy atom. The summed E-state index contributed by atoms with van der Waals surface area (Å²) in [7, 11) is 0. The topological polar surface area (TPSA) is 29.1 Å². The zero-order valence-electron chi connectivity index (χ0n) is 12.6. The number of thioether (sulfide) groups is 2. The summed E-state index contributed by atoms with van der Waals surface area (Å²) in [5.41, 5.74) is 2.97. The van der Waals surface area contributed by atoms with Gasteiger partial charge in [-0.15, -0.1) is 23.5 Å². The van der Waals surface area contributed by atoms with E-state index < -0.39 is 0 Å². The maximum absolute atomic E-state index is 12.8. The van der Waals surface area contributed by atoms with Crippen LogP contribution in [0.4, 0.5) is 4.39 Å². The fraction of sp³-hybridized carbons (Fsp3) is 0.278. The molecule has 3 rings (SSSR count). The van der Waals surface area contributed by atoms with Gasteiger partial charge >= 0.3 is 0 Å². The van der Waals surface area contributed by atoms with E-state index in [1.165, 1.54) is 29.2 Å². The van der Waals surface area contributed by atoms with E-state index in [1.807, 2.05) is 47.8 Å². The van der Waals surface area contributed by atoms with Gasteiger partial charge in [-0.05, 0) is 41.8 Å². The van der Waals surface area contributed by atoms with E-state index in [0.717, 1.165) is 5.56 Å². The lowest BCUT2D eigenvalue weighted by atomic mass is 10.1. The first-order valence-electron chi connectivity index (χ1n) is 7.58. The fourth-order valence-corrected chi connectivity index (χ4v) is 5.28. The Hall–Kier alpha value is -1.46. The zero-order valence-corrected chi connectivity index (χ0v) is 14.3. The molecule has 5 heteroatoms. The molecule has 0 aromatic heterocycles. The molecule has 1 aliphatic heterocycles. The molecule has 1 saturated heterocycles. The van der Waals surface area contributed by atoms with Gasteiger partial charge in [0.15, 0.2) is 0 Å². The van der Waals surface area contributed by atoms with Gasteiger partial charge < -0.3 is 5.32 Å². The molecule has 120 valence electrons. The van der Waals surface area contributed by atoms with E-state index in [-0.39, 0.29) is 11.7 Å². The van der Waals surface area contributed by atoms with Crippen molar-refractivity contribution in [2.45, 2.75) is 11.0 Å². The van der Waals surface area contributed by atoms with Crippen LogP contribution in [0.5, 0.6) is 0 Å². The Labute approximate surface area is 144 Å². The molecule has 1 N–H and O–H groups in total. The monoisotopic (exact) mass is 347 g/mol. The second-order valence-corrected chi connectivity index (χ2v) is 8.05. The third-order valence-corrected chi connectivity index (χ3v) is 6.78. The molecule has 0 atom stereocenters. The summed E-state index contributed by atoms with van der Waals surface area (Å²) >= 11 is 3.92. The SMILES string of the molecule is O=C(NCCc1ccc(F)cc1)c1ccc(C2SCCS2)cc1. The second kappa shape index (κ2) is 7.88. The van der Waals surface area contributed by atoms with Crippen molar-refractivity contribution in [3.63, 3.8) is 0 Å². The number of halogens is 1. The van der Waals surface area contributed by atoms with Crippen molar-refractivity contribution in [2.75, 3.05) is 18.1 Å². The Morgan fingerprint density at radius 3 is 2.35 bits per heavy atom. The first-order valence-corrected chi connectivity index (χ1v) is 9.68. The van der Waals surface area contributed by atoms with Crippen LogP contribution in [0.15, 0.2) is 48.5 Å². The van der Waals surface area contributed by atoms with Crippen molar-refractivity contribution < 1.29 is 9.18 Å². The van der Waals surface area contributed by atoms with Crippen LogP contribution in [-0.4, -0.2) is 24.0 Å². The van der Waals surface area contributed by atoms with Gasteiger partial charge in [0.1, 0.15) is 5.82 Å². The van der Waals surface area contributed by atoms with Crippen molar-refractivity contribution in [2.24, 2.45) is 0 Å². The zero-order chi connectivity index (χ0) is 16.1. The van der Waals surface area contributed by atoms with E-state index in [4.69, 9.17) is 0 Å². The summed E-state index contributed by atoms with van der Waals surface area (Å²) in [6.07, 6.45) is 0.694. The van der Waals surface area contributed by atoms with Crippen molar-refractivity contribution in [1.29, 1.82) is 0 Å². The summed E-state index contributed by atoms with van der Waals surface area (Å²) in [5.74, 6) is 2.09. The Balaban J connectivity index is 1.50. The van der Waals surface area contributed by atoms with Crippen LogP contribution in [0.3, 0.4) is 0 Å². The van der Waals surface area contributed by atoms with Gasteiger partial charge in [0.25, 0.3) is 5.91 Å². The van der Waals surface area contributed by atoms with Gasteiger partial charge in [-0.2, -0.15) is 0 Å². The average Bonchev–Trinajstić information content (AvgIpc) is 3.11. The highest BCUT2D eigenvalue weighted by Gasteiger charge is 2.18. The lowest BCUT2D eigenvalue weighted by Crippen LogP contribution is -2.25. The Kier molecular flexibility index (Phi) is 5.62. The van der Waals surface area contributed by atoms with Gasteiger partial charge in [0, 0.05) is 23.6 Å². The first-order chi connectivity index (χ1) is 11.2. The summed E-state index contributed by atoms with van der Waals surface area (Å²) in [5, 5.41) is 2.91. The van der Waals surface area contributed by atoms with Crippen LogP contribution in [0, 0.1) is 5.82 Å². The van der Waals surface area contributed by atoms with Crippen LogP contribution in [0.1, 0.15) is 26.1 Å². The van der Waals surface area contributed by atoms with Crippen LogP contribution in [0.25, 0.3) is 0 Å². The number of rotatable bonds is 5. The number of hydrogen-bond donors (Lipinski definition) is 1. The summed E-state index contributed by atoms with van der Waals surface area (Å²) in [6.45, 7) is 0.542. The molecule has 2 nitrogen and oxygen atoms in total. The predicted molar refractivity (Wildman–Crippen MR) is 96.5 cm³/mol. The molecule has 1 aliphatic rings. The highest BCUT2D eigenvalue weighted by atomic mass is 32.2. The molecule has 0 radical (unpaired) electrons. The quantitative estimate of drug-likeness (QED) is 0.875. The maximum atomic E-state index is 12.8. The molecule has 2 aromatic rings. The minimum Gasteiger partial charge on any atom is -0.352 e. The smallest absolute Gasteiger partial charge is 0.251 e. The van der Waals surface area contributed by atoms with Crippen molar-refractivity contribution in [3.8, 4) is 0 Å². The molecule has 2 aromatic carbocycles. The first kappa shape index (κ1) is 16.4. The number of hydrogen-bond acceptors (Lipinski definition) is 3. The second-order valence-electron chi connectivity index (χ2n) is 5.33. The lowest BCUT2D eigenvalue weighted by molar-refractivity contribution is 0.0954. The highest BCUT2D eigenvalue weighted by molar-refractivity contribution is 8.19. The molecule has 0 saturated carbocycles. The predicted octanol–water partition coefficient (Wildman–Crippen LogP) is 4.28. The molecule has 0 spiro atoms. The lowest BCUT2D eigenvalue weighted by Gasteiger charge is -2.09. The van der Waals surface area contributed by atoms with Crippen LogP contribution in [0.2, 0.25) is 0 Å². The number of nitrogens with one attached hydrogen (secondary N) is 1. The van der Waals surface area contributed by atoms with E-state index >= 15 is 0 Å². The van der Waals surface area contributed by atoms with Crippen molar-refractivity contribution >= 4 is 29.4 Å². The van der Waals surface area contributed by atoms with Gasteiger partial charge in [-0.1, -0.05) is 24.3 Å². The van der Waals surface area contributed by atoms with E-state index in [9.17, 15) is 9.18 Å². The van der Waals surface area contributed by atoms with Crippen LogP contribution in [-0.2, 0) is 6.42 Å². The largest absolute Gasteiger partial charge is 0.352 e. The summed E-state index contributed by atoms with van der Waals surface area (Å²) in [4.78, 5) is 12.1. The molecule has 1 fully saturated rings. The van der Waals surface area contributed by atoms with Crippen molar-refractivity contribution in [3.05, 3.63) is 71.0 Å². The molecule has 1 amide bonds. The number of amides is 1. The molecular weight excluding hydrogens is 329 g/mol. The maximum Gasteiger partial charge on any atom is 0.251 e. The number of benzene rings is 2. The van der Waals surface area contributed by atoms with Gasteiger partial charge in [-0.25, -0.2) is 4.39 Å². The minimum absolute atomic E-state index is 0.0645. The normalized spacial score (nSPS) is 14.8. The van der Waals surface area contributed by atoms with E-state index in [0.29, 0.717) is 23.1 Å². The van der Waals surface area contributed by atoms with E-state index in [2.05, 4.69) is 5.32 Å². The van der Waals surface area contributed by atoms with Crippen molar-refractivity contribution in [1.82, 2.24) is 5.32 Å². The van der Waals surface area contributed by atoms with Gasteiger partial charge in [0.05, 0.1) is 4.58 Å². The summed E-state index contributed by atoms with van der Waals surface area (Å²) in [6, 6.07) is 14.2. The molecule has 23 heavy (non-hydrogen) atoms. The number of carbonyl (C=O) groups excluding carboxylic acids is 1. The number of carbonyl (C=O) groups is 1. The standard InChI is InChI=1S/C18H18FNOS2/c19-16-7-1-13(2-8-16)9-10-20-17(21)14-3-5-15(6-4-14)18-22-11-12-23-18/h1-8,18H,9-12H2,(H,20,21). The Morgan fingerprint density at radius 2 is 1.70 bits per heavy atom. The summed E-state index contributed by atoms with van der Waals surface area (Å²) < 4.78 is 13.3. The van der Waals surface area contributed by atoms with Gasteiger partial charge in [0.2, 0.25) is 0 Å². The fourth-order valence-electron chi connectivity index (χ4n) is 2.42. The molecule has 0 bridgehead atoms. The van der Waals surface area contributed by atoms with Gasteiger partial charge in [-0.3, -0.25) is 4.79 Å². The average molecular weight is 347 g/mol. The minimum atomic E-state index is -0.239. The highest BCUT2D eigenvalue weighted by Crippen LogP contribution is 2.45. The third-order valence-electron chi connectivity index (χ3n) is 3.68. The molecular formula is C18H18FNOS2. The van der Waals surface area contributed by atoms with E-state index in [1.54, 1.807) is 12.1 Å². The molecule has 0 unspecified atom stereocenters. The third kappa shape index (κ3) is 4.52. The van der Waals surface area contributed by atoms with Crippen LogP contribution >= 0.6 is 23.5 Å². The molecule has 0 aliphatic carbocycles. The molecule has 1 heterocycles. The Bertz CT molecular complexity index is 652.